The van der Waals surface area contributed by atoms with E-state index in [1.807, 2.05) is 4.90 Å². The Hall–Kier alpha value is -2.08. The molecule has 3 heterocycles. The van der Waals surface area contributed by atoms with Gasteiger partial charge in [-0.15, -0.1) is 0 Å². The highest BCUT2D eigenvalue weighted by Crippen LogP contribution is 2.28. The van der Waals surface area contributed by atoms with E-state index in [4.69, 9.17) is 0 Å². The van der Waals surface area contributed by atoms with E-state index in [-0.39, 0.29) is 5.91 Å². The van der Waals surface area contributed by atoms with Gasteiger partial charge in [0.15, 0.2) is 0 Å². The van der Waals surface area contributed by atoms with E-state index in [9.17, 15) is 9.18 Å². The maximum atomic E-state index is 13.7. The average Bonchev–Trinajstić information content (AvgIpc) is 3.06. The number of rotatable bonds is 1. The van der Waals surface area contributed by atoms with E-state index >= 15 is 0 Å². The highest BCUT2D eigenvalue weighted by molar-refractivity contribution is 6.04. The molecule has 5 nitrogen and oxygen atoms in total. The Bertz CT molecular complexity index is 708. The molecule has 2 saturated heterocycles. The number of nitrogens with one attached hydrogen (secondary N) is 1. The molecule has 1 N–H and O–H groups in total. The zero-order valence-corrected chi connectivity index (χ0v) is 11.4. The molecule has 0 bridgehead atoms. The smallest absolute Gasteiger partial charge is 0.256 e. The fourth-order valence-corrected chi connectivity index (χ4v) is 3.40. The minimum atomic E-state index is -0.451. The molecule has 2 fully saturated rings. The minimum Gasteiger partial charge on any atom is -0.338 e. The van der Waals surface area contributed by atoms with Gasteiger partial charge in [0.25, 0.3) is 5.91 Å². The van der Waals surface area contributed by atoms with Crippen molar-refractivity contribution >= 4 is 16.9 Å². The molecule has 1 aromatic carbocycles. The topological polar surface area (TPSA) is 58.1 Å². The Morgan fingerprint density at radius 2 is 1.90 bits per heavy atom. The molecule has 0 spiro atoms. The summed E-state index contributed by atoms with van der Waals surface area (Å²) in [5.74, 6) is 0.432. The fraction of sp³-hybridized carbons (Fsp3) is 0.400. The molecule has 0 aliphatic carbocycles. The van der Waals surface area contributed by atoms with Gasteiger partial charge in [-0.3, -0.25) is 14.8 Å². The molecule has 2 aromatic rings. The zero-order valence-electron chi connectivity index (χ0n) is 11.4. The second kappa shape index (κ2) is 4.73. The summed E-state index contributed by atoms with van der Waals surface area (Å²) in [7, 11) is 0. The molecule has 2 aliphatic rings. The monoisotopic (exact) mass is 286 g/mol. The Kier molecular flexibility index (Phi) is 2.85. The first kappa shape index (κ1) is 12.6. The second-order valence-corrected chi connectivity index (χ2v) is 5.77. The number of hydrogen-bond acceptors (Lipinski definition) is 4. The largest absolute Gasteiger partial charge is 0.338 e. The zero-order chi connectivity index (χ0) is 14.4. The van der Waals surface area contributed by atoms with Crippen molar-refractivity contribution in [2.24, 2.45) is 11.8 Å². The van der Waals surface area contributed by atoms with Gasteiger partial charge in [-0.1, -0.05) is 0 Å². The number of aromatic nitrogens is 2. The van der Waals surface area contributed by atoms with Crippen LogP contribution in [0, 0.1) is 17.7 Å². The second-order valence-electron chi connectivity index (χ2n) is 5.77. The third-order valence-corrected chi connectivity index (χ3v) is 4.45. The van der Waals surface area contributed by atoms with Gasteiger partial charge in [0, 0.05) is 44.6 Å². The predicted octanol–water partition coefficient (Wildman–Crippen LogP) is 1.06. The molecule has 21 heavy (non-hydrogen) atoms. The first-order chi connectivity index (χ1) is 10.2. The van der Waals surface area contributed by atoms with Crippen LogP contribution in [-0.2, 0) is 0 Å². The first-order valence-corrected chi connectivity index (χ1v) is 7.12. The number of fused-ring (bicyclic) bond motifs is 2. The normalized spacial score (nSPS) is 24.5. The molecule has 0 unspecified atom stereocenters. The highest BCUT2D eigenvalue weighted by atomic mass is 19.1. The third kappa shape index (κ3) is 2.06. The summed E-state index contributed by atoms with van der Waals surface area (Å²) in [6.07, 6.45) is 3.03. The van der Waals surface area contributed by atoms with Crippen LogP contribution in [0.5, 0.6) is 0 Å². The van der Waals surface area contributed by atoms with Crippen LogP contribution in [0.3, 0.4) is 0 Å². The van der Waals surface area contributed by atoms with Gasteiger partial charge in [-0.2, -0.15) is 0 Å². The molecule has 108 valence electrons. The fourth-order valence-electron chi connectivity index (χ4n) is 3.40. The van der Waals surface area contributed by atoms with Crippen molar-refractivity contribution in [3.8, 4) is 0 Å². The van der Waals surface area contributed by atoms with E-state index in [0.29, 0.717) is 28.4 Å². The lowest BCUT2D eigenvalue weighted by Crippen LogP contribution is -2.32. The van der Waals surface area contributed by atoms with Crippen molar-refractivity contribution < 1.29 is 9.18 Å². The van der Waals surface area contributed by atoms with Crippen LogP contribution in [0.15, 0.2) is 24.5 Å². The van der Waals surface area contributed by atoms with E-state index in [1.165, 1.54) is 24.5 Å². The summed E-state index contributed by atoms with van der Waals surface area (Å²) in [5, 5.41) is 3.34. The van der Waals surface area contributed by atoms with Crippen molar-refractivity contribution in [2.45, 2.75) is 0 Å². The Morgan fingerprint density at radius 1 is 1.19 bits per heavy atom. The van der Waals surface area contributed by atoms with Crippen molar-refractivity contribution in [1.29, 1.82) is 0 Å². The van der Waals surface area contributed by atoms with Gasteiger partial charge in [0.1, 0.15) is 11.3 Å². The van der Waals surface area contributed by atoms with E-state index < -0.39 is 5.82 Å². The van der Waals surface area contributed by atoms with Gasteiger partial charge >= 0.3 is 0 Å². The lowest BCUT2D eigenvalue weighted by Gasteiger charge is -2.18. The summed E-state index contributed by atoms with van der Waals surface area (Å²) in [6.45, 7) is 3.37. The van der Waals surface area contributed by atoms with Crippen LogP contribution in [0.25, 0.3) is 11.0 Å². The maximum Gasteiger partial charge on any atom is 0.256 e. The lowest BCUT2D eigenvalue weighted by molar-refractivity contribution is 0.0783. The summed E-state index contributed by atoms with van der Waals surface area (Å²) in [4.78, 5) is 22.8. The number of carbonyl (C=O) groups is 1. The minimum absolute atomic E-state index is 0.144. The summed E-state index contributed by atoms with van der Waals surface area (Å²) in [6, 6.07) is 2.58. The van der Waals surface area contributed by atoms with Crippen molar-refractivity contribution in [1.82, 2.24) is 20.2 Å². The van der Waals surface area contributed by atoms with Crippen LogP contribution in [0.2, 0.25) is 0 Å². The van der Waals surface area contributed by atoms with Crippen LogP contribution >= 0.6 is 0 Å². The molecular weight excluding hydrogens is 271 g/mol. The number of hydrogen-bond donors (Lipinski definition) is 1. The third-order valence-electron chi connectivity index (χ3n) is 4.45. The molecule has 2 aliphatic heterocycles. The van der Waals surface area contributed by atoms with E-state index in [0.717, 1.165) is 26.2 Å². The van der Waals surface area contributed by atoms with Crippen LogP contribution < -0.4 is 5.32 Å². The molecule has 0 radical (unpaired) electrons. The Morgan fingerprint density at radius 3 is 2.67 bits per heavy atom. The number of amides is 1. The number of carbonyl (C=O) groups excluding carboxylic acids is 1. The molecule has 1 aromatic heterocycles. The average molecular weight is 286 g/mol. The number of benzene rings is 1. The molecule has 0 saturated carbocycles. The predicted molar refractivity (Wildman–Crippen MR) is 75.2 cm³/mol. The number of likely N-dealkylation sites (tertiary alicyclic amines) is 1. The maximum absolute atomic E-state index is 13.7. The lowest BCUT2D eigenvalue weighted by atomic mass is 10.0. The molecule has 4 rings (SSSR count). The molecular formula is C15H15FN4O. The van der Waals surface area contributed by atoms with Crippen LogP contribution in [0.4, 0.5) is 4.39 Å². The Balaban J connectivity index is 1.71. The molecule has 1 amide bonds. The van der Waals surface area contributed by atoms with Gasteiger partial charge < -0.3 is 10.2 Å². The van der Waals surface area contributed by atoms with Crippen LogP contribution in [0.1, 0.15) is 10.4 Å². The number of halogens is 1. The van der Waals surface area contributed by atoms with Gasteiger partial charge in [0.2, 0.25) is 0 Å². The quantitative estimate of drug-likeness (QED) is 0.851. The molecule has 6 heteroatoms. The summed E-state index contributed by atoms with van der Waals surface area (Å²) >= 11 is 0. The van der Waals surface area contributed by atoms with Gasteiger partial charge in [0.05, 0.1) is 11.1 Å². The summed E-state index contributed by atoms with van der Waals surface area (Å²) in [5.41, 5.74) is 1.20. The SMILES string of the molecule is O=C(c1cc(F)cc2nccnc12)N1C[C@H]2CNC[C@H]2C1. The van der Waals surface area contributed by atoms with Gasteiger partial charge in [-0.25, -0.2) is 4.39 Å². The van der Waals surface area contributed by atoms with Crippen LogP contribution in [-0.4, -0.2) is 47.0 Å². The Labute approximate surface area is 121 Å². The summed E-state index contributed by atoms with van der Waals surface area (Å²) < 4.78 is 13.7. The van der Waals surface area contributed by atoms with Gasteiger partial charge in [-0.05, 0) is 17.9 Å². The van der Waals surface area contributed by atoms with E-state index in [1.54, 1.807) is 0 Å². The standard InChI is InChI=1S/C15H15FN4O/c16-11-3-12(14-13(4-11)18-1-2-19-14)15(21)20-7-9-5-17-6-10(9)8-20/h1-4,9-10,17H,5-8H2/t9-,10+. The number of nitrogens with zero attached hydrogens (tertiary/aromatic N) is 3. The van der Waals surface area contributed by atoms with Crippen molar-refractivity contribution in [2.75, 3.05) is 26.2 Å². The first-order valence-electron chi connectivity index (χ1n) is 7.12. The molecule has 2 atom stereocenters. The van der Waals surface area contributed by atoms with E-state index in [2.05, 4.69) is 15.3 Å². The highest BCUT2D eigenvalue weighted by Gasteiger charge is 2.38. The van der Waals surface area contributed by atoms with Crippen molar-refractivity contribution in [3.63, 3.8) is 0 Å². The van der Waals surface area contributed by atoms with Crippen molar-refractivity contribution in [3.05, 3.63) is 35.9 Å².